The normalized spacial score (nSPS) is 57.4. The molecule has 0 aromatic heterocycles. The highest BCUT2D eigenvalue weighted by atomic mass is 16.8. The summed E-state index contributed by atoms with van der Waals surface area (Å²) < 4.78 is 55.3. The van der Waals surface area contributed by atoms with Gasteiger partial charge >= 0.3 is 5.97 Å². The van der Waals surface area contributed by atoms with Gasteiger partial charge in [-0.2, -0.15) is 0 Å². The van der Waals surface area contributed by atoms with E-state index >= 15 is 0 Å². The third-order valence-corrected chi connectivity index (χ3v) is 21.8. The molecular weight excluding hydrogens is 993 g/mol. The van der Waals surface area contributed by atoms with Crippen molar-refractivity contribution in [3.05, 3.63) is 0 Å². The van der Waals surface area contributed by atoms with Gasteiger partial charge in [-0.1, -0.05) is 41.5 Å². The summed E-state index contributed by atoms with van der Waals surface area (Å²) in [7, 11) is 0. The zero-order chi connectivity index (χ0) is 54.3. The Morgan fingerprint density at radius 3 is 1.87 bits per heavy atom. The number of carbonyl (C=O) groups excluding carboxylic acids is 2. The third kappa shape index (κ3) is 8.33. The van der Waals surface area contributed by atoms with Gasteiger partial charge in [-0.3, -0.25) is 4.79 Å². The van der Waals surface area contributed by atoms with E-state index in [9.17, 15) is 70.9 Å². The van der Waals surface area contributed by atoms with Crippen LogP contribution in [0.15, 0.2) is 0 Å². The van der Waals surface area contributed by atoms with Crippen LogP contribution >= 0.6 is 0 Å². The predicted octanol–water partition coefficient (Wildman–Crippen LogP) is -2.37. The molecule has 0 aromatic rings. The lowest BCUT2D eigenvalue weighted by Gasteiger charge is -2.74. The van der Waals surface area contributed by atoms with Gasteiger partial charge < -0.3 is 109 Å². The minimum atomic E-state index is -1.91. The molecular formula is C52H82O23. The molecule has 29 atom stereocenters. The number of aldehydes is 1. The minimum Gasteiger partial charge on any atom is -0.458 e. The van der Waals surface area contributed by atoms with E-state index in [1.807, 2.05) is 6.92 Å². The smallest absolute Gasteiger partial charge is 0.315 e. The van der Waals surface area contributed by atoms with Gasteiger partial charge in [0, 0.05) is 16.7 Å². The second-order valence-electron chi connectivity index (χ2n) is 25.7. The number of carbonyl (C=O) groups is 2. The average molecular weight is 1080 g/mol. The summed E-state index contributed by atoms with van der Waals surface area (Å²) in [5.74, 6) is -0.440. The maximum absolute atomic E-state index is 14.2. The van der Waals surface area contributed by atoms with Crippen molar-refractivity contribution in [2.75, 3.05) is 26.4 Å². The fourth-order valence-electron chi connectivity index (χ4n) is 17.3. The van der Waals surface area contributed by atoms with E-state index in [0.29, 0.717) is 44.9 Å². The molecule has 5 aliphatic heterocycles. The maximum atomic E-state index is 14.2. The van der Waals surface area contributed by atoms with Crippen molar-refractivity contribution < 1.29 is 113 Å². The van der Waals surface area contributed by atoms with Crippen LogP contribution in [0.4, 0.5) is 0 Å². The summed E-state index contributed by atoms with van der Waals surface area (Å²) in [6, 6.07) is 0. The van der Waals surface area contributed by atoms with Gasteiger partial charge in [-0.15, -0.1) is 0 Å². The molecule has 5 aliphatic carbocycles. The largest absolute Gasteiger partial charge is 0.458 e. The summed E-state index contributed by atoms with van der Waals surface area (Å²) in [5.41, 5.74) is -4.35. The van der Waals surface area contributed by atoms with Gasteiger partial charge in [0.15, 0.2) is 25.2 Å². The van der Waals surface area contributed by atoms with E-state index in [-0.39, 0.29) is 34.6 Å². The van der Waals surface area contributed by atoms with E-state index in [4.69, 9.17) is 42.6 Å². The van der Waals surface area contributed by atoms with Crippen molar-refractivity contribution in [2.45, 2.75) is 234 Å². The second kappa shape index (κ2) is 19.8. The zero-order valence-corrected chi connectivity index (χ0v) is 43.6. The number of esters is 1. The van der Waals surface area contributed by atoms with E-state index in [1.54, 1.807) is 0 Å². The fraction of sp³-hybridized carbons (Fsp3) is 0.962. The van der Waals surface area contributed by atoms with Crippen molar-refractivity contribution in [1.82, 2.24) is 0 Å². The number of aliphatic hydroxyl groups excluding tert-OH is 12. The summed E-state index contributed by atoms with van der Waals surface area (Å²) in [6.07, 6.45) is -24.8. The first-order chi connectivity index (χ1) is 35.2. The number of ether oxygens (including phenoxy) is 9. The Morgan fingerprint density at radius 2 is 1.19 bits per heavy atom. The van der Waals surface area contributed by atoms with Crippen LogP contribution in [0.5, 0.6) is 0 Å². The van der Waals surface area contributed by atoms with Crippen LogP contribution in [0.3, 0.4) is 0 Å². The Labute approximate surface area is 435 Å². The molecule has 23 heteroatoms. The van der Waals surface area contributed by atoms with Gasteiger partial charge in [-0.25, -0.2) is 0 Å². The molecule has 1 spiro atoms. The first-order valence-electron chi connectivity index (χ1n) is 27.1. The number of rotatable bonds is 11. The molecule has 0 unspecified atom stereocenters. The molecule has 75 heavy (non-hydrogen) atoms. The van der Waals surface area contributed by atoms with Crippen LogP contribution in [0.2, 0.25) is 0 Å². The molecule has 428 valence electrons. The lowest BCUT2D eigenvalue weighted by molar-refractivity contribution is -0.392. The van der Waals surface area contributed by atoms with Crippen molar-refractivity contribution in [3.63, 3.8) is 0 Å². The van der Waals surface area contributed by atoms with E-state index in [0.717, 1.165) is 25.5 Å². The molecule has 0 radical (unpaired) electrons. The van der Waals surface area contributed by atoms with Crippen LogP contribution in [-0.2, 0) is 52.2 Å². The van der Waals surface area contributed by atoms with Crippen LogP contribution in [0.1, 0.15) is 106 Å². The Hall–Kier alpha value is -1.66. The van der Waals surface area contributed by atoms with Crippen molar-refractivity contribution in [1.29, 1.82) is 0 Å². The molecule has 5 saturated heterocycles. The van der Waals surface area contributed by atoms with Gasteiger partial charge in [0.1, 0.15) is 103 Å². The summed E-state index contributed by atoms with van der Waals surface area (Å²) in [5, 5.41) is 130. The molecule has 23 nitrogen and oxygen atoms in total. The second-order valence-corrected chi connectivity index (χ2v) is 25.7. The first kappa shape index (κ1) is 56.6. The van der Waals surface area contributed by atoms with Gasteiger partial charge in [0.2, 0.25) is 0 Å². The molecule has 5 heterocycles. The molecule has 12 N–H and O–H groups in total. The van der Waals surface area contributed by atoms with Crippen molar-refractivity contribution in [2.24, 2.45) is 50.2 Å². The van der Waals surface area contributed by atoms with Gasteiger partial charge in [0.05, 0.1) is 38.6 Å². The van der Waals surface area contributed by atoms with Crippen molar-refractivity contribution in [3.8, 4) is 0 Å². The first-order valence-corrected chi connectivity index (χ1v) is 27.1. The number of hydrogen-bond acceptors (Lipinski definition) is 23. The zero-order valence-electron chi connectivity index (χ0n) is 43.6. The molecule has 5 saturated carbocycles. The van der Waals surface area contributed by atoms with Crippen LogP contribution in [0.25, 0.3) is 0 Å². The number of aliphatic hydroxyl groups is 12. The van der Waals surface area contributed by atoms with Gasteiger partial charge in [-0.05, 0) is 92.3 Å². The minimum absolute atomic E-state index is 0.0540. The Morgan fingerprint density at radius 1 is 0.573 bits per heavy atom. The van der Waals surface area contributed by atoms with Crippen LogP contribution in [0, 0.1) is 50.2 Å². The Bertz CT molecular complexity index is 2100. The van der Waals surface area contributed by atoms with Crippen molar-refractivity contribution >= 4 is 12.3 Å². The fourth-order valence-corrected chi connectivity index (χ4v) is 17.3. The molecule has 10 fully saturated rings. The lowest BCUT2D eigenvalue weighted by Crippen LogP contribution is -2.74. The average Bonchev–Trinajstić information content (AvgIpc) is 3.65. The van der Waals surface area contributed by atoms with E-state index in [2.05, 4.69) is 34.6 Å². The summed E-state index contributed by atoms with van der Waals surface area (Å²) in [6.45, 7) is 10.6. The van der Waals surface area contributed by atoms with Crippen LogP contribution < -0.4 is 0 Å². The molecule has 10 rings (SSSR count). The molecule has 2 bridgehead atoms. The molecule has 0 amide bonds. The predicted molar refractivity (Wildman–Crippen MR) is 251 cm³/mol. The highest BCUT2D eigenvalue weighted by molar-refractivity contribution is 5.83. The number of fused-ring (bicyclic) bond motifs is 4. The molecule has 10 aliphatic rings. The SMILES string of the molecule is CC1(C)[C@@H](O[C@@H]2OC[C@H](O[C@@H]3O[C@H](CO)[C@@H](O)[C@H](O)[C@H]3O[C@@H]3OC[C@@H](O)[C@H](O)[C@H]3O)[C@H](O)[C@H]2O[C@@H]2O[C@H](CO)[C@@H](O)[C@H](O)[C@H]2O)CC[C@]2(C)[C@H]3CC[C@]45OC(=O)[C@@]6(CC[C@](C)(C=O)C[C@H]64)[C@H](O)C[C@@]5(C)[C@]3(C)CC[C@@H]12. The van der Waals surface area contributed by atoms with Crippen LogP contribution in [-0.4, -0.2) is 228 Å². The topological polar surface area (TPSA) is 360 Å². The summed E-state index contributed by atoms with van der Waals surface area (Å²) >= 11 is 0. The maximum Gasteiger partial charge on any atom is 0.315 e. The quantitative estimate of drug-likeness (QED) is 0.0585. The Balaban J connectivity index is 0.906. The monoisotopic (exact) mass is 1070 g/mol. The highest BCUT2D eigenvalue weighted by Gasteiger charge is 2.83. The summed E-state index contributed by atoms with van der Waals surface area (Å²) in [4.78, 5) is 26.8. The van der Waals surface area contributed by atoms with Gasteiger partial charge in [0.25, 0.3) is 0 Å². The highest BCUT2D eigenvalue weighted by Crippen LogP contribution is 2.81. The standard InChI is InChI=1S/C52H82O23/c1-46(2)26-7-11-49(5)27(8-12-52-28-15-47(3,21-55)13-14-51(28,45(66)75-52)29(57)16-50(49,52)6)48(26,4)10-9-30(46)72-43-39(74-42-38(65)35(62)32(59)23(17-53)69-42)34(61)25(20-68-43)71-44-40(36(63)33(60)24(18-54)70-44)73-41-37(64)31(58)22(56)19-67-41/h21-44,53-54,56-65H,7-20H2,1-6H3/t22-,23-,24-,25+,26+,27-,28-,29-,30+,31+,32-,33-,34+,35+,36+,37-,38-,39-,40-,41+,42+,43+,44+,47+,48+,49-,50+,51-,52+/m1/s1. The number of hydrogen-bond donors (Lipinski definition) is 12. The third-order valence-electron chi connectivity index (χ3n) is 21.8. The Kier molecular flexibility index (Phi) is 14.9. The van der Waals surface area contributed by atoms with E-state index in [1.165, 1.54) is 0 Å². The lowest BCUT2D eigenvalue weighted by atomic mass is 9.30. The van der Waals surface area contributed by atoms with E-state index < -0.39 is 177 Å². The molecule has 0 aromatic carbocycles.